The predicted molar refractivity (Wildman–Crippen MR) is 201 cm³/mol. The van der Waals surface area contributed by atoms with E-state index in [4.69, 9.17) is 15.5 Å². The topological polar surface area (TPSA) is 206 Å². The van der Waals surface area contributed by atoms with Crippen molar-refractivity contribution in [3.63, 3.8) is 0 Å². The van der Waals surface area contributed by atoms with Crippen LogP contribution in [0.25, 0.3) is 16.8 Å². The Hall–Kier alpha value is -6.68. The van der Waals surface area contributed by atoms with Crippen LogP contribution in [0.15, 0.2) is 79.3 Å². The third-order valence-electron chi connectivity index (χ3n) is 10.2. The van der Waals surface area contributed by atoms with Gasteiger partial charge in [-0.25, -0.2) is 15.0 Å². The monoisotopic (exact) mass is 742 g/mol. The quantitative estimate of drug-likeness (QED) is 0.114. The number of aromatic nitrogens is 4. The van der Waals surface area contributed by atoms with Crippen molar-refractivity contribution >= 4 is 52.4 Å². The molecule has 0 aliphatic carbocycles. The lowest BCUT2D eigenvalue weighted by molar-refractivity contribution is -0.138. The van der Waals surface area contributed by atoms with Crippen molar-refractivity contribution in [1.82, 2.24) is 34.5 Å². The molecule has 1 unspecified atom stereocenters. The Morgan fingerprint density at radius 1 is 0.964 bits per heavy atom. The molecule has 0 radical (unpaired) electrons. The summed E-state index contributed by atoms with van der Waals surface area (Å²) in [7, 11) is 0. The second kappa shape index (κ2) is 15.0. The molecule has 16 heteroatoms. The molecule has 2 aromatic carbocycles. The van der Waals surface area contributed by atoms with Gasteiger partial charge in [0.1, 0.15) is 41.3 Å². The zero-order valence-electron chi connectivity index (χ0n) is 29.7. The number of fused-ring (bicyclic) bond motifs is 2. The van der Waals surface area contributed by atoms with Gasteiger partial charge >= 0.3 is 0 Å². The predicted octanol–water partition coefficient (Wildman–Crippen LogP) is 3.18. The molecule has 55 heavy (non-hydrogen) atoms. The van der Waals surface area contributed by atoms with E-state index in [0.29, 0.717) is 59.9 Å². The van der Waals surface area contributed by atoms with E-state index in [2.05, 4.69) is 25.9 Å². The van der Waals surface area contributed by atoms with Crippen LogP contribution in [0.4, 0.5) is 17.3 Å². The first-order chi connectivity index (χ1) is 26.8. The van der Waals surface area contributed by atoms with Gasteiger partial charge in [0, 0.05) is 72.6 Å². The SMILES string of the molecule is Nc1nccn2c([C@@H]3CCCN3C(=O)COCCNc3cccc4c3CN(C3CCC(=O)NC3=O)C4=O)nc(-c3ccc(C(=O)Nc4ccccn4)cc3)c12. The van der Waals surface area contributed by atoms with Crippen molar-refractivity contribution in [2.75, 3.05) is 42.7 Å². The van der Waals surface area contributed by atoms with Gasteiger partial charge < -0.3 is 30.9 Å². The molecule has 280 valence electrons. The minimum absolute atomic E-state index is 0.130. The van der Waals surface area contributed by atoms with Gasteiger partial charge in [0.15, 0.2) is 0 Å². The number of hydrogen-bond donors (Lipinski definition) is 4. The maximum atomic E-state index is 13.6. The van der Waals surface area contributed by atoms with Gasteiger partial charge in [-0.3, -0.25) is 33.7 Å². The number of amides is 5. The van der Waals surface area contributed by atoms with E-state index in [1.54, 1.807) is 78.1 Å². The molecular weight excluding hydrogens is 704 g/mol. The number of carbonyl (C=O) groups is 5. The van der Waals surface area contributed by atoms with Crippen molar-refractivity contribution < 1.29 is 28.7 Å². The zero-order valence-corrected chi connectivity index (χ0v) is 29.7. The highest BCUT2D eigenvalue weighted by Crippen LogP contribution is 2.37. The average molecular weight is 743 g/mol. The zero-order chi connectivity index (χ0) is 38.1. The summed E-state index contributed by atoms with van der Waals surface area (Å²) in [4.78, 5) is 80.4. The fourth-order valence-electron chi connectivity index (χ4n) is 7.51. The smallest absolute Gasteiger partial charge is 0.256 e. The normalized spacial score (nSPS) is 18.1. The third kappa shape index (κ3) is 6.94. The number of anilines is 3. The molecule has 5 N–H and O–H groups in total. The van der Waals surface area contributed by atoms with E-state index in [0.717, 1.165) is 23.2 Å². The molecule has 0 saturated carbocycles. The van der Waals surface area contributed by atoms with Crippen LogP contribution in [-0.2, 0) is 25.7 Å². The molecule has 0 spiro atoms. The molecule has 6 heterocycles. The fourth-order valence-corrected chi connectivity index (χ4v) is 7.51. The number of carbonyl (C=O) groups excluding carboxylic acids is 5. The second-order valence-electron chi connectivity index (χ2n) is 13.6. The minimum atomic E-state index is -0.695. The molecule has 3 aliphatic heterocycles. The number of likely N-dealkylation sites (tertiary alicyclic amines) is 1. The van der Waals surface area contributed by atoms with Crippen molar-refractivity contribution in [3.8, 4) is 11.3 Å². The highest BCUT2D eigenvalue weighted by Gasteiger charge is 2.40. The molecule has 8 rings (SSSR count). The number of nitrogens with one attached hydrogen (secondary N) is 3. The summed E-state index contributed by atoms with van der Waals surface area (Å²) in [6, 6.07) is 16.7. The lowest BCUT2D eigenvalue weighted by atomic mass is 10.0. The molecular formula is C39H38N10O6. The summed E-state index contributed by atoms with van der Waals surface area (Å²) in [5.41, 5.74) is 10.8. The lowest BCUT2D eigenvalue weighted by Crippen LogP contribution is -2.52. The van der Waals surface area contributed by atoms with Gasteiger partial charge in [-0.1, -0.05) is 24.3 Å². The van der Waals surface area contributed by atoms with E-state index in [1.807, 2.05) is 10.5 Å². The summed E-state index contributed by atoms with van der Waals surface area (Å²) in [6.07, 6.45) is 6.96. The Morgan fingerprint density at radius 2 is 1.82 bits per heavy atom. The maximum absolute atomic E-state index is 13.6. The van der Waals surface area contributed by atoms with Crippen LogP contribution in [0.3, 0.4) is 0 Å². The summed E-state index contributed by atoms with van der Waals surface area (Å²) in [6.45, 7) is 1.27. The van der Waals surface area contributed by atoms with Gasteiger partial charge in [0.05, 0.1) is 12.6 Å². The molecule has 2 atom stereocenters. The Bertz CT molecular complexity index is 2310. The largest absolute Gasteiger partial charge is 0.382 e. The van der Waals surface area contributed by atoms with Crippen LogP contribution in [0, 0.1) is 0 Å². The third-order valence-corrected chi connectivity index (χ3v) is 10.2. The van der Waals surface area contributed by atoms with Crippen molar-refractivity contribution in [1.29, 1.82) is 0 Å². The number of benzene rings is 2. The Kier molecular flexibility index (Phi) is 9.63. The Morgan fingerprint density at radius 3 is 2.62 bits per heavy atom. The summed E-state index contributed by atoms with van der Waals surface area (Å²) >= 11 is 0. The number of nitrogen functional groups attached to an aromatic ring is 1. The summed E-state index contributed by atoms with van der Waals surface area (Å²) in [5.74, 6) is -0.0976. The van der Waals surface area contributed by atoms with Crippen LogP contribution < -0.4 is 21.7 Å². The van der Waals surface area contributed by atoms with E-state index < -0.39 is 11.9 Å². The number of imidazole rings is 1. The van der Waals surface area contributed by atoms with Crippen molar-refractivity contribution in [3.05, 3.63) is 102 Å². The van der Waals surface area contributed by atoms with Gasteiger partial charge in [-0.2, -0.15) is 0 Å². The molecule has 5 amide bonds. The number of ether oxygens (including phenoxy) is 1. The molecule has 2 fully saturated rings. The number of hydrogen-bond acceptors (Lipinski definition) is 11. The van der Waals surface area contributed by atoms with Crippen molar-refractivity contribution in [2.24, 2.45) is 0 Å². The molecule has 3 aliphatic rings. The van der Waals surface area contributed by atoms with Gasteiger partial charge in [0.2, 0.25) is 17.7 Å². The highest BCUT2D eigenvalue weighted by atomic mass is 16.5. The first-order valence-corrected chi connectivity index (χ1v) is 18.1. The molecule has 16 nitrogen and oxygen atoms in total. The van der Waals surface area contributed by atoms with E-state index >= 15 is 0 Å². The minimum Gasteiger partial charge on any atom is -0.382 e. The van der Waals surface area contributed by atoms with Gasteiger partial charge in [0.25, 0.3) is 11.8 Å². The molecule has 2 saturated heterocycles. The van der Waals surface area contributed by atoms with Gasteiger partial charge in [-0.05, 0) is 55.7 Å². The van der Waals surface area contributed by atoms with Crippen molar-refractivity contribution in [2.45, 2.75) is 44.3 Å². The average Bonchev–Trinajstić information content (AvgIpc) is 3.92. The van der Waals surface area contributed by atoms with Gasteiger partial charge in [-0.15, -0.1) is 0 Å². The molecule has 0 bridgehead atoms. The number of pyridine rings is 1. The first kappa shape index (κ1) is 35.4. The summed E-state index contributed by atoms with van der Waals surface area (Å²) < 4.78 is 7.71. The fraction of sp³-hybridized carbons (Fsp3) is 0.282. The van der Waals surface area contributed by atoms with Crippen LogP contribution in [0.1, 0.15) is 63.8 Å². The standard InChI is InChI=1S/C39H38N10O6/c40-35-34-33(23-9-11-24(12-10-23)37(52)44-30-8-1-2-15-42-30)46-36(48(34)19-16-43-35)28-7-4-18-47(28)32(51)22-55-20-17-41-27-6-3-5-25-26(27)21-49(39(25)54)29-13-14-31(50)45-38(29)53/h1-3,5-6,8-12,15-16,19,28-29,41H,4,7,13-14,17-18,20-22H2,(H2,40,43)(H,42,44,52)(H,45,50,53)/t28-,29?/m0/s1. The molecule has 5 aromatic rings. The van der Waals surface area contributed by atoms with Crippen LogP contribution in [0.5, 0.6) is 0 Å². The van der Waals surface area contributed by atoms with E-state index in [-0.39, 0.29) is 61.7 Å². The lowest BCUT2D eigenvalue weighted by Gasteiger charge is -2.29. The number of imide groups is 1. The van der Waals surface area contributed by atoms with Crippen LogP contribution >= 0.6 is 0 Å². The maximum Gasteiger partial charge on any atom is 0.256 e. The van der Waals surface area contributed by atoms with Crippen LogP contribution in [-0.4, -0.2) is 91.0 Å². The second-order valence-corrected chi connectivity index (χ2v) is 13.6. The van der Waals surface area contributed by atoms with E-state index in [1.165, 1.54) is 4.90 Å². The van der Waals surface area contributed by atoms with E-state index in [9.17, 15) is 24.0 Å². The molecule has 3 aromatic heterocycles. The number of piperidine rings is 1. The Labute approximate surface area is 315 Å². The summed E-state index contributed by atoms with van der Waals surface area (Å²) in [5, 5.41) is 8.42. The number of rotatable bonds is 11. The number of nitrogens with zero attached hydrogens (tertiary/aromatic N) is 6. The first-order valence-electron chi connectivity index (χ1n) is 18.1. The highest BCUT2D eigenvalue weighted by molar-refractivity contribution is 6.06. The number of nitrogens with two attached hydrogens (primary N) is 1. The van der Waals surface area contributed by atoms with Crippen LogP contribution in [0.2, 0.25) is 0 Å². The Balaban J connectivity index is 0.902.